The zero-order valence-corrected chi connectivity index (χ0v) is 9.61. The summed E-state index contributed by atoms with van der Waals surface area (Å²) in [6, 6.07) is 7.04. The highest BCUT2D eigenvalue weighted by atomic mass is 16.3. The monoisotopic (exact) mass is 221 g/mol. The van der Waals surface area contributed by atoms with Crippen molar-refractivity contribution in [1.29, 1.82) is 0 Å². The molecular weight excluding hydrogens is 202 g/mol. The highest BCUT2D eigenvalue weighted by Crippen LogP contribution is 2.37. The molecular formula is C13H19NO2. The first-order chi connectivity index (χ1) is 7.62. The number of hydrogen-bond acceptors (Lipinski definition) is 3. The van der Waals surface area contributed by atoms with Crippen LogP contribution in [0.2, 0.25) is 0 Å². The molecule has 1 aromatic rings. The van der Waals surface area contributed by atoms with E-state index in [0.29, 0.717) is 5.56 Å². The van der Waals surface area contributed by atoms with Gasteiger partial charge in [0.2, 0.25) is 0 Å². The Bertz CT molecular complexity index is 357. The highest BCUT2D eigenvalue weighted by Gasteiger charge is 2.36. The summed E-state index contributed by atoms with van der Waals surface area (Å²) in [7, 11) is 0. The predicted octanol–water partition coefficient (Wildman–Crippen LogP) is 1.60. The molecule has 2 unspecified atom stereocenters. The summed E-state index contributed by atoms with van der Waals surface area (Å²) >= 11 is 0. The van der Waals surface area contributed by atoms with Crippen LogP contribution in [0, 0.1) is 5.92 Å². The van der Waals surface area contributed by atoms with Gasteiger partial charge in [-0.3, -0.25) is 0 Å². The topological polar surface area (TPSA) is 52.5 Å². The number of phenols is 1. The van der Waals surface area contributed by atoms with Crippen LogP contribution in [-0.2, 0) is 5.60 Å². The minimum absolute atomic E-state index is 0.162. The summed E-state index contributed by atoms with van der Waals surface area (Å²) in [5.41, 5.74) is -0.331. The molecule has 88 valence electrons. The van der Waals surface area contributed by atoms with E-state index in [0.717, 1.165) is 25.9 Å². The molecule has 0 amide bonds. The second-order valence-electron chi connectivity index (χ2n) is 4.71. The normalized spacial score (nSPS) is 25.0. The van der Waals surface area contributed by atoms with Crippen molar-refractivity contribution in [2.45, 2.75) is 25.4 Å². The van der Waals surface area contributed by atoms with Crippen molar-refractivity contribution in [3.63, 3.8) is 0 Å². The molecule has 0 spiro atoms. The summed E-state index contributed by atoms with van der Waals surface area (Å²) in [6.45, 7) is 3.62. The first-order valence-electron chi connectivity index (χ1n) is 5.84. The summed E-state index contributed by atoms with van der Waals surface area (Å²) in [5, 5.41) is 23.7. The average Bonchev–Trinajstić information content (AvgIpc) is 2.30. The largest absolute Gasteiger partial charge is 0.508 e. The fourth-order valence-electron chi connectivity index (χ4n) is 2.45. The zero-order chi connectivity index (χ0) is 11.6. The molecule has 2 rings (SSSR count). The summed E-state index contributed by atoms with van der Waals surface area (Å²) in [6.07, 6.45) is 2.07. The fourth-order valence-corrected chi connectivity index (χ4v) is 2.45. The molecule has 3 nitrogen and oxygen atoms in total. The van der Waals surface area contributed by atoms with Gasteiger partial charge in [0, 0.05) is 18.0 Å². The molecule has 1 saturated heterocycles. The van der Waals surface area contributed by atoms with Gasteiger partial charge in [-0.2, -0.15) is 0 Å². The van der Waals surface area contributed by atoms with Crippen molar-refractivity contribution < 1.29 is 10.2 Å². The van der Waals surface area contributed by atoms with Crippen LogP contribution in [0.5, 0.6) is 5.75 Å². The predicted molar refractivity (Wildman–Crippen MR) is 63.3 cm³/mol. The Balaban J connectivity index is 2.26. The van der Waals surface area contributed by atoms with Crippen molar-refractivity contribution in [2.75, 3.05) is 13.1 Å². The minimum atomic E-state index is -0.960. The van der Waals surface area contributed by atoms with Crippen LogP contribution in [-0.4, -0.2) is 23.3 Å². The van der Waals surface area contributed by atoms with E-state index in [9.17, 15) is 10.2 Å². The van der Waals surface area contributed by atoms with Gasteiger partial charge < -0.3 is 15.5 Å². The summed E-state index contributed by atoms with van der Waals surface area (Å²) < 4.78 is 0. The molecule has 1 fully saturated rings. The van der Waals surface area contributed by atoms with E-state index in [-0.39, 0.29) is 11.7 Å². The number of nitrogens with one attached hydrogen (secondary N) is 1. The third kappa shape index (κ3) is 2.06. The van der Waals surface area contributed by atoms with Crippen LogP contribution in [0.25, 0.3) is 0 Å². The first kappa shape index (κ1) is 11.4. The van der Waals surface area contributed by atoms with E-state index in [4.69, 9.17) is 0 Å². The van der Waals surface area contributed by atoms with Crippen molar-refractivity contribution in [1.82, 2.24) is 5.32 Å². The van der Waals surface area contributed by atoms with Gasteiger partial charge in [0.1, 0.15) is 5.75 Å². The Morgan fingerprint density at radius 3 is 2.75 bits per heavy atom. The number of hydrogen-bond donors (Lipinski definition) is 3. The standard InChI is InChI=1S/C13H19NO2/c1-13(16,10-5-4-8-14-9-10)11-6-2-3-7-12(11)15/h2-3,6-7,10,14-16H,4-5,8-9H2,1H3. The maximum Gasteiger partial charge on any atom is 0.121 e. The first-order valence-corrected chi connectivity index (χ1v) is 5.84. The van der Waals surface area contributed by atoms with Crippen LogP contribution in [0.1, 0.15) is 25.3 Å². The van der Waals surface area contributed by atoms with Crippen LogP contribution in [0.4, 0.5) is 0 Å². The zero-order valence-electron chi connectivity index (χ0n) is 9.61. The molecule has 2 atom stereocenters. The molecule has 1 heterocycles. The third-order valence-electron chi connectivity index (χ3n) is 3.54. The van der Waals surface area contributed by atoms with Gasteiger partial charge in [0.05, 0.1) is 5.60 Å². The van der Waals surface area contributed by atoms with Crippen molar-refractivity contribution >= 4 is 0 Å². The number of aromatic hydroxyl groups is 1. The molecule has 1 aliphatic heterocycles. The average molecular weight is 221 g/mol. The van der Waals surface area contributed by atoms with Gasteiger partial charge >= 0.3 is 0 Å². The molecule has 0 aliphatic carbocycles. The molecule has 0 aromatic heterocycles. The highest BCUT2D eigenvalue weighted by molar-refractivity contribution is 5.36. The number of para-hydroxylation sites is 1. The number of benzene rings is 1. The Morgan fingerprint density at radius 1 is 1.38 bits per heavy atom. The summed E-state index contributed by atoms with van der Waals surface area (Å²) in [5.74, 6) is 0.340. The lowest BCUT2D eigenvalue weighted by atomic mass is 9.78. The second-order valence-corrected chi connectivity index (χ2v) is 4.71. The Morgan fingerprint density at radius 2 is 2.12 bits per heavy atom. The van der Waals surface area contributed by atoms with Crippen LogP contribution in [0.3, 0.4) is 0 Å². The lowest BCUT2D eigenvalue weighted by Crippen LogP contribution is -2.42. The maximum absolute atomic E-state index is 10.6. The molecule has 3 N–H and O–H groups in total. The molecule has 1 aromatic carbocycles. The van der Waals surface area contributed by atoms with Gasteiger partial charge in [-0.25, -0.2) is 0 Å². The van der Waals surface area contributed by atoms with E-state index < -0.39 is 5.60 Å². The van der Waals surface area contributed by atoms with E-state index in [1.165, 1.54) is 0 Å². The quantitative estimate of drug-likeness (QED) is 0.711. The number of rotatable bonds is 2. The lowest BCUT2D eigenvalue weighted by molar-refractivity contribution is -0.0173. The van der Waals surface area contributed by atoms with E-state index in [1.54, 1.807) is 25.1 Å². The number of phenolic OH excluding ortho intramolecular Hbond substituents is 1. The SMILES string of the molecule is CC(O)(c1ccccc1O)C1CCCNC1. The Hall–Kier alpha value is -1.06. The molecule has 0 bridgehead atoms. The number of piperidine rings is 1. The van der Waals surface area contributed by atoms with E-state index in [2.05, 4.69) is 5.32 Å². The van der Waals surface area contributed by atoms with Gasteiger partial charge in [-0.1, -0.05) is 18.2 Å². The van der Waals surface area contributed by atoms with Crippen molar-refractivity contribution in [3.8, 4) is 5.75 Å². The fraction of sp³-hybridized carbons (Fsp3) is 0.538. The van der Waals surface area contributed by atoms with Gasteiger partial charge in [-0.15, -0.1) is 0 Å². The van der Waals surface area contributed by atoms with Crippen molar-refractivity contribution in [2.24, 2.45) is 5.92 Å². The van der Waals surface area contributed by atoms with Gasteiger partial charge in [0.25, 0.3) is 0 Å². The molecule has 1 aliphatic rings. The third-order valence-corrected chi connectivity index (χ3v) is 3.54. The van der Waals surface area contributed by atoms with Crippen LogP contribution < -0.4 is 5.32 Å². The maximum atomic E-state index is 10.6. The van der Waals surface area contributed by atoms with E-state index in [1.807, 2.05) is 6.07 Å². The Kier molecular flexibility index (Phi) is 3.17. The van der Waals surface area contributed by atoms with Gasteiger partial charge in [-0.05, 0) is 32.4 Å². The molecule has 0 saturated carbocycles. The molecule has 3 heteroatoms. The minimum Gasteiger partial charge on any atom is -0.508 e. The lowest BCUT2D eigenvalue weighted by Gasteiger charge is -2.36. The second kappa shape index (κ2) is 4.44. The van der Waals surface area contributed by atoms with E-state index >= 15 is 0 Å². The molecule has 16 heavy (non-hydrogen) atoms. The smallest absolute Gasteiger partial charge is 0.121 e. The van der Waals surface area contributed by atoms with Crippen LogP contribution >= 0.6 is 0 Å². The molecule has 0 radical (unpaired) electrons. The summed E-state index contributed by atoms with van der Waals surface area (Å²) in [4.78, 5) is 0. The van der Waals surface area contributed by atoms with Gasteiger partial charge in [0.15, 0.2) is 0 Å². The van der Waals surface area contributed by atoms with Crippen LogP contribution in [0.15, 0.2) is 24.3 Å². The number of aliphatic hydroxyl groups is 1. The Labute approximate surface area is 96.1 Å². The van der Waals surface area contributed by atoms with Crippen molar-refractivity contribution in [3.05, 3.63) is 29.8 Å².